The van der Waals surface area contributed by atoms with E-state index in [1.54, 1.807) is 12.1 Å². The molecule has 0 unspecified atom stereocenters. The van der Waals surface area contributed by atoms with Gasteiger partial charge in [0, 0.05) is 17.7 Å². The lowest BCUT2D eigenvalue weighted by molar-refractivity contribution is -0.124. The number of carbonyl (C=O) groups is 1. The molecule has 1 saturated carbocycles. The maximum absolute atomic E-state index is 13.6. The minimum atomic E-state index is -0.00614. The van der Waals surface area contributed by atoms with Crippen molar-refractivity contribution in [2.45, 2.75) is 51.5 Å². The molecule has 180 valence electrons. The lowest BCUT2D eigenvalue weighted by atomic mass is 9.94. The highest BCUT2D eigenvalue weighted by Crippen LogP contribution is 2.40. The van der Waals surface area contributed by atoms with Crippen LogP contribution in [-0.2, 0) is 11.2 Å². The summed E-state index contributed by atoms with van der Waals surface area (Å²) in [7, 11) is 0. The summed E-state index contributed by atoms with van der Waals surface area (Å²) in [5.41, 5.74) is 2.81. The lowest BCUT2D eigenvalue weighted by Crippen LogP contribution is -2.40. The average molecular weight is 526 g/mol. The molecule has 4 nitrogen and oxygen atoms in total. The van der Waals surface area contributed by atoms with Crippen molar-refractivity contribution in [1.29, 1.82) is 0 Å². The van der Waals surface area contributed by atoms with Gasteiger partial charge in [-0.15, -0.1) is 0 Å². The van der Waals surface area contributed by atoms with Crippen LogP contribution in [0.5, 0.6) is 0 Å². The number of amidine groups is 1. The highest BCUT2D eigenvalue weighted by Gasteiger charge is 2.39. The molecule has 1 aliphatic heterocycles. The number of para-hydroxylation sites is 1. The molecule has 0 radical (unpaired) electrons. The van der Waals surface area contributed by atoms with Gasteiger partial charge >= 0.3 is 0 Å². The predicted octanol–water partition coefficient (Wildman–Crippen LogP) is 8.75. The molecule has 2 fully saturated rings. The number of aliphatic imine (C=N–C) groups is 1. The fraction of sp³-hybridized carbons (Fsp3) is 0.286. The Labute approximate surface area is 220 Å². The Morgan fingerprint density at radius 1 is 1.06 bits per heavy atom. The second-order valence-electron chi connectivity index (χ2n) is 8.76. The van der Waals surface area contributed by atoms with E-state index in [9.17, 15) is 4.79 Å². The van der Waals surface area contributed by atoms with Gasteiger partial charge in [-0.2, -0.15) is 0 Å². The van der Waals surface area contributed by atoms with E-state index in [2.05, 4.69) is 13.0 Å². The Morgan fingerprint density at radius 2 is 1.86 bits per heavy atom. The van der Waals surface area contributed by atoms with Crippen molar-refractivity contribution in [3.8, 4) is 11.3 Å². The maximum atomic E-state index is 13.6. The molecule has 0 atom stereocenters. The zero-order valence-corrected chi connectivity index (χ0v) is 21.8. The summed E-state index contributed by atoms with van der Waals surface area (Å²) in [6.07, 6.45) is 8.20. The summed E-state index contributed by atoms with van der Waals surface area (Å²) in [6, 6.07) is 17.4. The van der Waals surface area contributed by atoms with Crippen molar-refractivity contribution in [1.82, 2.24) is 4.90 Å². The van der Waals surface area contributed by atoms with E-state index < -0.39 is 0 Å². The van der Waals surface area contributed by atoms with Crippen LogP contribution in [0.4, 0.5) is 5.69 Å². The van der Waals surface area contributed by atoms with Crippen LogP contribution >= 0.6 is 35.0 Å². The minimum Gasteiger partial charge on any atom is -0.457 e. The summed E-state index contributed by atoms with van der Waals surface area (Å²) in [5, 5.41) is 1.67. The number of hydrogen-bond acceptors (Lipinski definition) is 4. The summed E-state index contributed by atoms with van der Waals surface area (Å²) < 4.78 is 6.04. The van der Waals surface area contributed by atoms with Gasteiger partial charge in [-0.1, -0.05) is 73.7 Å². The van der Waals surface area contributed by atoms with Gasteiger partial charge in [0.1, 0.15) is 11.5 Å². The molecular formula is C28H26Cl2N2O2S. The summed E-state index contributed by atoms with van der Waals surface area (Å²) in [4.78, 5) is 21.1. The molecule has 1 saturated heterocycles. The number of amides is 1. The Kier molecular flexibility index (Phi) is 7.37. The molecule has 1 aromatic heterocycles. The molecule has 0 bridgehead atoms. The predicted molar refractivity (Wildman–Crippen MR) is 146 cm³/mol. The van der Waals surface area contributed by atoms with E-state index >= 15 is 0 Å². The number of thioether (sulfide) groups is 1. The van der Waals surface area contributed by atoms with Crippen molar-refractivity contribution in [3.63, 3.8) is 0 Å². The van der Waals surface area contributed by atoms with Crippen LogP contribution in [0, 0.1) is 0 Å². The molecule has 7 heteroatoms. The van der Waals surface area contributed by atoms with Crippen molar-refractivity contribution >= 4 is 57.8 Å². The van der Waals surface area contributed by atoms with Gasteiger partial charge in [0.2, 0.25) is 0 Å². The van der Waals surface area contributed by atoms with E-state index in [-0.39, 0.29) is 11.9 Å². The number of rotatable bonds is 5. The van der Waals surface area contributed by atoms with Crippen LogP contribution in [-0.4, -0.2) is 22.0 Å². The van der Waals surface area contributed by atoms with Crippen LogP contribution in [0.2, 0.25) is 10.0 Å². The summed E-state index contributed by atoms with van der Waals surface area (Å²) >= 11 is 14.0. The smallest absolute Gasteiger partial charge is 0.267 e. The maximum Gasteiger partial charge on any atom is 0.267 e. The lowest BCUT2D eigenvalue weighted by Gasteiger charge is -2.30. The summed E-state index contributed by atoms with van der Waals surface area (Å²) in [5.74, 6) is 1.19. The molecule has 1 aliphatic carbocycles. The van der Waals surface area contributed by atoms with Crippen molar-refractivity contribution in [2.75, 3.05) is 0 Å². The number of hydrogen-bond donors (Lipinski definition) is 0. The largest absolute Gasteiger partial charge is 0.457 e. The number of nitrogens with zero attached hydrogens (tertiary/aromatic N) is 2. The molecule has 5 rings (SSSR count). The quantitative estimate of drug-likeness (QED) is 0.313. The first-order valence-corrected chi connectivity index (χ1v) is 13.6. The molecule has 2 aliphatic rings. The number of halogens is 2. The third-order valence-electron chi connectivity index (χ3n) is 6.48. The number of benzene rings is 2. The fourth-order valence-electron chi connectivity index (χ4n) is 4.65. The standard InChI is InChI=1S/C28H26Cl2N2O2S/c1-2-18-9-6-7-14-23(18)31-28-32(19-10-4-3-5-11-19)27(33)25(35-28)17-20-15-16-24(34-20)21-12-8-13-22(29)26(21)30/h6-9,12-17,19H,2-5,10-11H2,1H3/b25-17+,31-28?. The van der Waals surface area contributed by atoms with Gasteiger partial charge in [0.15, 0.2) is 5.17 Å². The van der Waals surface area contributed by atoms with Crippen LogP contribution in [0.25, 0.3) is 17.4 Å². The zero-order valence-electron chi connectivity index (χ0n) is 19.5. The Hall–Kier alpha value is -2.47. The van der Waals surface area contributed by atoms with E-state index in [1.165, 1.54) is 23.7 Å². The van der Waals surface area contributed by atoms with Gasteiger partial charge < -0.3 is 4.42 Å². The molecular weight excluding hydrogens is 499 g/mol. The Balaban J connectivity index is 1.49. The molecule has 2 heterocycles. The average Bonchev–Trinajstić information content (AvgIpc) is 3.46. The first kappa shape index (κ1) is 24.2. The van der Waals surface area contributed by atoms with E-state index in [1.807, 2.05) is 47.4 Å². The van der Waals surface area contributed by atoms with Crippen LogP contribution < -0.4 is 0 Å². The molecule has 2 aromatic carbocycles. The number of aryl methyl sites for hydroxylation is 1. The van der Waals surface area contributed by atoms with Crippen molar-refractivity contribution in [2.24, 2.45) is 4.99 Å². The van der Waals surface area contributed by atoms with Crippen LogP contribution in [0.15, 0.2) is 68.9 Å². The molecule has 35 heavy (non-hydrogen) atoms. The topological polar surface area (TPSA) is 45.8 Å². The Morgan fingerprint density at radius 3 is 2.66 bits per heavy atom. The summed E-state index contributed by atoms with van der Waals surface area (Å²) in [6.45, 7) is 2.12. The van der Waals surface area contributed by atoms with Crippen molar-refractivity contribution < 1.29 is 9.21 Å². The van der Waals surface area contributed by atoms with E-state index in [4.69, 9.17) is 32.6 Å². The minimum absolute atomic E-state index is 0.00614. The molecule has 1 amide bonds. The van der Waals surface area contributed by atoms with Crippen molar-refractivity contribution in [3.05, 3.63) is 80.9 Å². The highest BCUT2D eigenvalue weighted by atomic mass is 35.5. The monoisotopic (exact) mass is 524 g/mol. The van der Waals surface area contributed by atoms with Gasteiger partial charge in [-0.3, -0.25) is 9.69 Å². The second kappa shape index (κ2) is 10.7. The normalized spacial score (nSPS) is 19.3. The third-order valence-corrected chi connectivity index (χ3v) is 8.28. The zero-order chi connectivity index (χ0) is 24.4. The first-order valence-electron chi connectivity index (χ1n) is 12.0. The first-order chi connectivity index (χ1) is 17.0. The van der Waals surface area contributed by atoms with E-state index in [0.29, 0.717) is 26.5 Å². The van der Waals surface area contributed by atoms with Gasteiger partial charge in [0.25, 0.3) is 5.91 Å². The van der Waals surface area contributed by atoms with Crippen LogP contribution in [0.1, 0.15) is 50.4 Å². The van der Waals surface area contributed by atoms with Gasteiger partial charge in [-0.05, 0) is 66.9 Å². The third kappa shape index (κ3) is 5.09. The Bertz CT molecular complexity index is 1310. The molecule has 0 spiro atoms. The number of carbonyl (C=O) groups excluding carboxylic acids is 1. The van der Waals surface area contributed by atoms with E-state index in [0.717, 1.165) is 48.5 Å². The highest BCUT2D eigenvalue weighted by molar-refractivity contribution is 8.18. The van der Waals surface area contributed by atoms with Crippen LogP contribution in [0.3, 0.4) is 0 Å². The van der Waals surface area contributed by atoms with Gasteiger partial charge in [0.05, 0.1) is 20.6 Å². The molecule has 0 N–H and O–H groups in total. The number of furan rings is 1. The SMILES string of the molecule is CCc1ccccc1N=C1S/C(=C/c2ccc(-c3cccc(Cl)c3Cl)o2)C(=O)N1C1CCCCC1. The fourth-order valence-corrected chi connectivity index (χ4v) is 6.07. The molecule has 3 aromatic rings. The van der Waals surface area contributed by atoms with Gasteiger partial charge in [-0.25, -0.2) is 4.99 Å². The second-order valence-corrected chi connectivity index (χ2v) is 10.6.